The first kappa shape index (κ1) is 15.6. The van der Waals surface area contributed by atoms with Crippen molar-refractivity contribution in [1.29, 1.82) is 0 Å². The maximum atomic E-state index is 11.9. The predicted molar refractivity (Wildman–Crippen MR) is 83.6 cm³/mol. The van der Waals surface area contributed by atoms with E-state index in [2.05, 4.69) is 10.1 Å². The number of amides is 1. The Kier molecular flexibility index (Phi) is 4.78. The molecule has 1 aromatic carbocycles. The quantitative estimate of drug-likeness (QED) is 0.694. The minimum Gasteiger partial charge on any atom is -0.465 e. The Labute approximate surface area is 128 Å². The molecule has 1 N–H and O–H groups in total. The van der Waals surface area contributed by atoms with Gasteiger partial charge in [-0.1, -0.05) is 18.2 Å². The highest BCUT2D eigenvalue weighted by molar-refractivity contribution is 6.02. The van der Waals surface area contributed by atoms with Crippen LogP contribution < -0.4 is 5.32 Å². The molecule has 2 aromatic rings. The number of anilines is 1. The molecule has 114 valence electrons. The Morgan fingerprint density at radius 1 is 1.23 bits per heavy atom. The van der Waals surface area contributed by atoms with Crippen molar-refractivity contribution in [1.82, 2.24) is 0 Å². The topological polar surface area (TPSA) is 68.5 Å². The molecule has 1 aromatic heterocycles. The lowest BCUT2D eigenvalue weighted by Crippen LogP contribution is -2.08. The molecule has 0 radical (unpaired) electrons. The normalized spacial score (nSPS) is 10.7. The van der Waals surface area contributed by atoms with Crippen LogP contribution in [0.25, 0.3) is 6.08 Å². The summed E-state index contributed by atoms with van der Waals surface area (Å²) in [6, 6.07) is 9.04. The van der Waals surface area contributed by atoms with Gasteiger partial charge in [0, 0.05) is 11.8 Å². The molecule has 0 fully saturated rings. The fraction of sp³-hybridized carbons (Fsp3) is 0.176. The van der Waals surface area contributed by atoms with E-state index in [4.69, 9.17) is 4.42 Å². The summed E-state index contributed by atoms with van der Waals surface area (Å²) >= 11 is 0. The summed E-state index contributed by atoms with van der Waals surface area (Å²) in [6.45, 7) is 3.58. The van der Waals surface area contributed by atoms with Crippen molar-refractivity contribution in [2.75, 3.05) is 12.4 Å². The summed E-state index contributed by atoms with van der Waals surface area (Å²) in [5.41, 5.74) is 2.08. The Morgan fingerprint density at radius 3 is 2.64 bits per heavy atom. The van der Waals surface area contributed by atoms with Crippen molar-refractivity contribution >= 4 is 23.6 Å². The van der Waals surface area contributed by atoms with Crippen molar-refractivity contribution < 1.29 is 18.7 Å². The number of furan rings is 1. The lowest BCUT2D eigenvalue weighted by molar-refractivity contribution is -0.111. The minimum atomic E-state index is -0.467. The molecule has 0 aliphatic rings. The van der Waals surface area contributed by atoms with Gasteiger partial charge in [0.1, 0.15) is 17.1 Å². The third-order valence-electron chi connectivity index (χ3n) is 3.14. The van der Waals surface area contributed by atoms with Crippen LogP contribution in [0.5, 0.6) is 0 Å². The fourth-order valence-corrected chi connectivity index (χ4v) is 1.95. The highest BCUT2D eigenvalue weighted by Crippen LogP contribution is 2.17. The number of esters is 1. The molecule has 0 saturated carbocycles. The second-order valence-electron chi connectivity index (χ2n) is 4.75. The number of carbonyl (C=O) groups excluding carboxylic acids is 2. The van der Waals surface area contributed by atoms with E-state index in [0.717, 1.165) is 11.3 Å². The number of hydrogen-bond acceptors (Lipinski definition) is 4. The smallest absolute Gasteiger partial charge is 0.341 e. The Hall–Kier alpha value is -2.82. The van der Waals surface area contributed by atoms with Crippen molar-refractivity contribution in [3.63, 3.8) is 0 Å². The van der Waals surface area contributed by atoms with Crippen LogP contribution in [-0.4, -0.2) is 19.0 Å². The highest BCUT2D eigenvalue weighted by atomic mass is 16.5. The summed E-state index contributed by atoms with van der Waals surface area (Å²) in [5, 5.41) is 2.78. The SMILES string of the molecule is COC(=O)c1cc(/C=C/C(=O)Nc2ccccc2C)oc1C. The third kappa shape index (κ3) is 3.63. The van der Waals surface area contributed by atoms with E-state index in [1.807, 2.05) is 31.2 Å². The maximum absolute atomic E-state index is 11.9. The number of nitrogens with one attached hydrogen (secondary N) is 1. The van der Waals surface area contributed by atoms with Gasteiger partial charge in [0.15, 0.2) is 0 Å². The molecule has 1 heterocycles. The van der Waals surface area contributed by atoms with E-state index in [9.17, 15) is 9.59 Å². The first-order valence-electron chi connectivity index (χ1n) is 6.74. The Balaban J connectivity index is 2.07. The molecule has 0 saturated heterocycles. The second kappa shape index (κ2) is 6.76. The molecule has 5 nitrogen and oxygen atoms in total. The average Bonchev–Trinajstić information content (AvgIpc) is 2.88. The number of aryl methyl sites for hydroxylation is 2. The van der Waals surface area contributed by atoms with Gasteiger partial charge in [-0.3, -0.25) is 4.79 Å². The molecular weight excluding hydrogens is 282 g/mol. The molecule has 0 aliphatic carbocycles. The number of para-hydroxylation sites is 1. The van der Waals surface area contributed by atoms with Crippen molar-refractivity contribution in [3.05, 3.63) is 59.1 Å². The Bertz CT molecular complexity index is 728. The summed E-state index contributed by atoms with van der Waals surface area (Å²) in [5.74, 6) is 0.122. The molecule has 0 atom stereocenters. The van der Waals surface area contributed by atoms with Gasteiger partial charge in [-0.15, -0.1) is 0 Å². The summed E-state index contributed by atoms with van der Waals surface area (Å²) in [6.07, 6.45) is 2.86. The molecule has 22 heavy (non-hydrogen) atoms. The molecule has 1 amide bonds. The molecule has 0 unspecified atom stereocenters. The third-order valence-corrected chi connectivity index (χ3v) is 3.14. The van der Waals surface area contributed by atoms with Crippen LogP contribution in [0.15, 0.2) is 40.8 Å². The van der Waals surface area contributed by atoms with Crippen LogP contribution in [-0.2, 0) is 9.53 Å². The van der Waals surface area contributed by atoms with Gasteiger partial charge in [-0.25, -0.2) is 4.79 Å². The lowest BCUT2D eigenvalue weighted by Gasteiger charge is -2.04. The van der Waals surface area contributed by atoms with Gasteiger partial charge in [0.05, 0.1) is 7.11 Å². The number of hydrogen-bond donors (Lipinski definition) is 1. The van der Waals surface area contributed by atoms with Crippen LogP contribution in [0.4, 0.5) is 5.69 Å². The standard InChI is InChI=1S/C17H17NO4/c1-11-6-4-5-7-15(11)18-16(19)9-8-13-10-14(12(2)22-13)17(20)21-3/h4-10H,1-3H3,(H,18,19)/b9-8+. The van der Waals surface area contributed by atoms with E-state index in [0.29, 0.717) is 17.1 Å². The van der Waals surface area contributed by atoms with Crippen LogP contribution in [0, 0.1) is 13.8 Å². The van der Waals surface area contributed by atoms with Crippen molar-refractivity contribution in [2.45, 2.75) is 13.8 Å². The average molecular weight is 299 g/mol. The van der Waals surface area contributed by atoms with Gasteiger partial charge < -0.3 is 14.5 Å². The van der Waals surface area contributed by atoms with Crippen LogP contribution in [0.1, 0.15) is 27.4 Å². The number of ether oxygens (including phenoxy) is 1. The van der Waals surface area contributed by atoms with Gasteiger partial charge >= 0.3 is 5.97 Å². The van der Waals surface area contributed by atoms with Crippen LogP contribution >= 0.6 is 0 Å². The fourth-order valence-electron chi connectivity index (χ4n) is 1.95. The van der Waals surface area contributed by atoms with Gasteiger partial charge in [0.25, 0.3) is 0 Å². The first-order valence-corrected chi connectivity index (χ1v) is 6.74. The molecule has 2 rings (SSSR count). The molecular formula is C17H17NO4. The predicted octanol–water partition coefficient (Wildman–Crippen LogP) is 3.33. The van der Waals surface area contributed by atoms with Gasteiger partial charge in [-0.2, -0.15) is 0 Å². The van der Waals surface area contributed by atoms with Crippen molar-refractivity contribution in [3.8, 4) is 0 Å². The molecule has 0 bridgehead atoms. The molecule has 0 aliphatic heterocycles. The van der Waals surface area contributed by atoms with E-state index in [1.165, 1.54) is 19.3 Å². The van der Waals surface area contributed by atoms with Gasteiger partial charge in [-0.05, 0) is 37.6 Å². The number of benzene rings is 1. The van der Waals surface area contributed by atoms with Crippen LogP contribution in [0.3, 0.4) is 0 Å². The summed E-state index contributed by atoms with van der Waals surface area (Å²) in [7, 11) is 1.31. The number of methoxy groups -OCH3 is 1. The number of carbonyl (C=O) groups is 2. The van der Waals surface area contributed by atoms with Crippen molar-refractivity contribution in [2.24, 2.45) is 0 Å². The largest absolute Gasteiger partial charge is 0.465 e. The van der Waals surface area contributed by atoms with E-state index in [1.54, 1.807) is 13.0 Å². The van der Waals surface area contributed by atoms with Gasteiger partial charge in [0.2, 0.25) is 5.91 Å². The van der Waals surface area contributed by atoms with E-state index in [-0.39, 0.29) is 5.91 Å². The second-order valence-corrected chi connectivity index (χ2v) is 4.75. The van der Waals surface area contributed by atoms with E-state index >= 15 is 0 Å². The zero-order chi connectivity index (χ0) is 16.1. The summed E-state index contributed by atoms with van der Waals surface area (Å²) in [4.78, 5) is 23.4. The first-order chi connectivity index (χ1) is 10.5. The molecule has 5 heteroatoms. The molecule has 0 spiro atoms. The minimum absolute atomic E-state index is 0.275. The van der Waals surface area contributed by atoms with Crippen LogP contribution in [0.2, 0.25) is 0 Å². The zero-order valence-corrected chi connectivity index (χ0v) is 12.7. The number of rotatable bonds is 4. The lowest BCUT2D eigenvalue weighted by atomic mass is 10.2. The summed E-state index contributed by atoms with van der Waals surface area (Å²) < 4.78 is 10.0. The monoisotopic (exact) mass is 299 g/mol. The van der Waals surface area contributed by atoms with E-state index < -0.39 is 5.97 Å². The zero-order valence-electron chi connectivity index (χ0n) is 12.7. The highest BCUT2D eigenvalue weighted by Gasteiger charge is 2.14. The Morgan fingerprint density at radius 2 is 1.95 bits per heavy atom. The maximum Gasteiger partial charge on any atom is 0.341 e.